The first-order valence-corrected chi connectivity index (χ1v) is 8.90. The minimum atomic E-state index is 0.540. The lowest BCUT2D eigenvalue weighted by atomic mass is 10.0. The first-order valence-electron chi connectivity index (χ1n) is 8.08. The monoisotopic (exact) mass is 357 g/mol. The van der Waals surface area contributed by atoms with Crippen molar-refractivity contribution in [3.63, 3.8) is 0 Å². The van der Waals surface area contributed by atoms with Crippen molar-refractivity contribution in [2.75, 3.05) is 7.11 Å². The number of para-hydroxylation sites is 2. The number of nitrogens with zero attached hydrogens (tertiary/aromatic N) is 2. The van der Waals surface area contributed by atoms with Crippen LogP contribution < -0.4 is 4.74 Å². The number of rotatable bonds is 4. The van der Waals surface area contributed by atoms with E-state index < -0.39 is 0 Å². The summed E-state index contributed by atoms with van der Waals surface area (Å²) < 4.78 is 5.51. The largest absolute Gasteiger partial charge is 0.496 e. The molecule has 0 aliphatic carbocycles. The number of ether oxygens (including phenoxy) is 1. The number of nitriles is 1. The van der Waals surface area contributed by atoms with Crippen molar-refractivity contribution in [1.29, 1.82) is 5.26 Å². The Morgan fingerprint density at radius 1 is 1.12 bits per heavy atom. The molecule has 0 radical (unpaired) electrons. The van der Waals surface area contributed by atoms with E-state index in [9.17, 15) is 5.26 Å². The standard InChI is InChI=1S/C21H15N3OS/c1-25-20-11-10-14-6-2-3-7-16(14)17(20)12-15(13-22)26-21-23-18-8-4-5-9-19(18)24-21/h2-12H,1H3,(H,23,24)/b15-12+. The minimum absolute atomic E-state index is 0.540. The van der Waals surface area contributed by atoms with Crippen LogP contribution in [-0.2, 0) is 0 Å². The van der Waals surface area contributed by atoms with Gasteiger partial charge in [0.05, 0.1) is 23.0 Å². The third-order valence-corrected chi connectivity index (χ3v) is 4.93. The maximum atomic E-state index is 9.64. The number of methoxy groups -OCH3 is 1. The number of hydrogen-bond acceptors (Lipinski definition) is 4. The Bertz CT molecular complexity index is 1140. The van der Waals surface area contributed by atoms with Crippen LogP contribution in [0.25, 0.3) is 27.9 Å². The van der Waals surface area contributed by atoms with E-state index in [2.05, 4.69) is 16.0 Å². The SMILES string of the molecule is COc1ccc2ccccc2c1/C=C(\C#N)Sc1nc2ccccc2[nH]1. The number of H-pyrrole nitrogens is 1. The molecule has 0 unspecified atom stereocenters. The number of imidazole rings is 1. The molecule has 3 aromatic carbocycles. The minimum Gasteiger partial charge on any atom is -0.496 e. The Kier molecular flexibility index (Phi) is 4.34. The van der Waals surface area contributed by atoms with Gasteiger partial charge in [-0.3, -0.25) is 0 Å². The Labute approximate surface area is 155 Å². The quantitative estimate of drug-likeness (QED) is 0.393. The average Bonchev–Trinajstić information content (AvgIpc) is 3.10. The molecule has 0 saturated heterocycles. The number of hydrogen-bond donors (Lipinski definition) is 1. The van der Waals surface area contributed by atoms with Gasteiger partial charge in [-0.15, -0.1) is 0 Å². The van der Waals surface area contributed by atoms with Gasteiger partial charge in [0, 0.05) is 5.56 Å². The van der Waals surface area contributed by atoms with Crippen LogP contribution in [0.15, 0.2) is 70.7 Å². The van der Waals surface area contributed by atoms with Gasteiger partial charge < -0.3 is 9.72 Å². The first kappa shape index (κ1) is 16.2. The Morgan fingerprint density at radius 3 is 2.73 bits per heavy atom. The summed E-state index contributed by atoms with van der Waals surface area (Å²) in [5.41, 5.74) is 2.73. The predicted octanol–water partition coefficient (Wildman–Crippen LogP) is 5.38. The van der Waals surface area contributed by atoms with Crippen molar-refractivity contribution < 1.29 is 4.74 Å². The van der Waals surface area contributed by atoms with Crippen LogP contribution in [0.3, 0.4) is 0 Å². The molecule has 0 fully saturated rings. The molecular formula is C21H15N3OS. The van der Waals surface area contributed by atoms with Gasteiger partial charge in [-0.1, -0.05) is 42.5 Å². The van der Waals surface area contributed by atoms with Gasteiger partial charge in [0.2, 0.25) is 0 Å². The van der Waals surface area contributed by atoms with E-state index in [1.54, 1.807) is 7.11 Å². The van der Waals surface area contributed by atoms with Crippen LogP contribution in [0, 0.1) is 11.3 Å². The number of allylic oxidation sites excluding steroid dienone is 1. The molecule has 0 saturated carbocycles. The van der Waals surface area contributed by atoms with Crippen molar-refractivity contribution in [3.8, 4) is 11.8 Å². The van der Waals surface area contributed by atoms with Crippen molar-refractivity contribution in [2.45, 2.75) is 5.16 Å². The fraction of sp³-hybridized carbons (Fsp3) is 0.0476. The summed E-state index contributed by atoms with van der Waals surface area (Å²) >= 11 is 1.31. The van der Waals surface area contributed by atoms with Gasteiger partial charge in [-0.05, 0) is 46.8 Å². The highest BCUT2D eigenvalue weighted by Crippen LogP contribution is 2.33. The molecule has 126 valence electrons. The van der Waals surface area contributed by atoms with Crippen molar-refractivity contribution in [1.82, 2.24) is 9.97 Å². The Hall–Kier alpha value is -3.23. The second-order valence-electron chi connectivity index (χ2n) is 5.68. The van der Waals surface area contributed by atoms with Gasteiger partial charge in [0.15, 0.2) is 5.16 Å². The third kappa shape index (κ3) is 3.03. The van der Waals surface area contributed by atoms with E-state index in [0.29, 0.717) is 10.1 Å². The zero-order chi connectivity index (χ0) is 17.9. The Balaban J connectivity index is 1.78. The smallest absolute Gasteiger partial charge is 0.171 e. The molecule has 0 aliphatic heterocycles. The number of aromatic nitrogens is 2. The maximum Gasteiger partial charge on any atom is 0.171 e. The predicted molar refractivity (Wildman–Crippen MR) is 106 cm³/mol. The molecule has 4 rings (SSSR count). The highest BCUT2D eigenvalue weighted by atomic mass is 32.2. The Morgan fingerprint density at radius 2 is 1.92 bits per heavy atom. The summed E-state index contributed by atoms with van der Waals surface area (Å²) in [5, 5.41) is 12.5. The topological polar surface area (TPSA) is 61.7 Å². The molecule has 1 N–H and O–H groups in total. The van der Waals surface area contributed by atoms with Gasteiger partial charge in [-0.25, -0.2) is 4.98 Å². The van der Waals surface area contributed by atoms with Crippen LogP contribution in [0.5, 0.6) is 5.75 Å². The molecule has 5 heteroatoms. The number of benzene rings is 3. The lowest BCUT2D eigenvalue weighted by molar-refractivity contribution is 0.414. The highest BCUT2D eigenvalue weighted by molar-refractivity contribution is 8.03. The summed E-state index contributed by atoms with van der Waals surface area (Å²) in [6.45, 7) is 0. The van der Waals surface area contributed by atoms with Crippen LogP contribution >= 0.6 is 11.8 Å². The second-order valence-corrected chi connectivity index (χ2v) is 6.71. The molecule has 0 spiro atoms. The van der Waals surface area contributed by atoms with E-state index in [0.717, 1.165) is 33.1 Å². The molecule has 0 atom stereocenters. The third-order valence-electron chi connectivity index (χ3n) is 4.11. The summed E-state index contributed by atoms with van der Waals surface area (Å²) in [6, 6.07) is 22.1. The van der Waals surface area contributed by atoms with Crippen molar-refractivity contribution >= 4 is 39.6 Å². The number of fused-ring (bicyclic) bond motifs is 2. The van der Waals surface area contributed by atoms with Gasteiger partial charge >= 0.3 is 0 Å². The lowest BCUT2D eigenvalue weighted by Gasteiger charge is -2.09. The molecule has 4 nitrogen and oxygen atoms in total. The fourth-order valence-electron chi connectivity index (χ4n) is 2.90. The van der Waals surface area contributed by atoms with Gasteiger partial charge in [0.1, 0.15) is 11.8 Å². The first-order chi connectivity index (χ1) is 12.8. The van der Waals surface area contributed by atoms with Gasteiger partial charge in [-0.2, -0.15) is 5.26 Å². The highest BCUT2D eigenvalue weighted by Gasteiger charge is 2.10. The molecule has 0 aliphatic rings. The van der Waals surface area contributed by atoms with E-state index in [4.69, 9.17) is 4.74 Å². The molecule has 4 aromatic rings. The average molecular weight is 357 g/mol. The fourth-order valence-corrected chi connectivity index (χ4v) is 3.64. The van der Waals surface area contributed by atoms with E-state index in [-0.39, 0.29) is 0 Å². The van der Waals surface area contributed by atoms with Crippen LogP contribution in [-0.4, -0.2) is 17.1 Å². The van der Waals surface area contributed by atoms with E-state index >= 15 is 0 Å². The number of nitrogens with one attached hydrogen (secondary N) is 1. The molecular weight excluding hydrogens is 342 g/mol. The summed E-state index contributed by atoms with van der Waals surface area (Å²) in [7, 11) is 1.64. The zero-order valence-electron chi connectivity index (χ0n) is 14.1. The summed E-state index contributed by atoms with van der Waals surface area (Å²) in [4.78, 5) is 8.31. The second kappa shape index (κ2) is 6.95. The lowest BCUT2D eigenvalue weighted by Crippen LogP contribution is -1.89. The molecule has 26 heavy (non-hydrogen) atoms. The summed E-state index contributed by atoms with van der Waals surface area (Å²) in [6.07, 6.45) is 1.86. The summed E-state index contributed by atoms with van der Waals surface area (Å²) in [5.74, 6) is 0.738. The molecule has 0 bridgehead atoms. The molecule has 0 amide bonds. The zero-order valence-corrected chi connectivity index (χ0v) is 14.9. The molecule has 1 heterocycles. The number of aromatic amines is 1. The van der Waals surface area contributed by atoms with Crippen LogP contribution in [0.4, 0.5) is 0 Å². The molecule has 1 aromatic heterocycles. The normalized spacial score (nSPS) is 11.6. The number of thioether (sulfide) groups is 1. The van der Waals surface area contributed by atoms with Crippen molar-refractivity contribution in [2.24, 2.45) is 0 Å². The van der Waals surface area contributed by atoms with Gasteiger partial charge in [0.25, 0.3) is 0 Å². The van der Waals surface area contributed by atoms with E-state index in [1.165, 1.54) is 11.8 Å². The van der Waals surface area contributed by atoms with Crippen LogP contribution in [0.2, 0.25) is 0 Å². The van der Waals surface area contributed by atoms with E-state index in [1.807, 2.05) is 66.7 Å². The maximum absolute atomic E-state index is 9.64. The van der Waals surface area contributed by atoms with Crippen LogP contribution in [0.1, 0.15) is 5.56 Å². The van der Waals surface area contributed by atoms with Crippen molar-refractivity contribution in [3.05, 3.63) is 71.1 Å².